The lowest BCUT2D eigenvalue weighted by Crippen LogP contribution is -2.37. The minimum absolute atomic E-state index is 0.411. The van der Waals surface area contributed by atoms with E-state index in [4.69, 9.17) is 10.2 Å². The highest BCUT2D eigenvalue weighted by Gasteiger charge is 2.08. The van der Waals surface area contributed by atoms with E-state index in [0.29, 0.717) is 11.5 Å². The summed E-state index contributed by atoms with van der Waals surface area (Å²) in [6, 6.07) is 11.0. The molecule has 1 aliphatic rings. The molecule has 1 aliphatic heterocycles. The number of hydrogen-bond acceptors (Lipinski definition) is 9. The molecular formula is C13H12N9O3-. The Morgan fingerprint density at radius 2 is 2.04 bits per heavy atom. The Morgan fingerprint density at radius 3 is 2.72 bits per heavy atom. The molecule has 1 aromatic heterocycles. The zero-order valence-corrected chi connectivity index (χ0v) is 12.6. The molecule has 25 heavy (non-hydrogen) atoms. The Hall–Kier alpha value is -3.93. The van der Waals surface area contributed by atoms with Crippen LogP contribution in [0.15, 0.2) is 61.2 Å². The van der Waals surface area contributed by atoms with E-state index < -0.39 is 11.0 Å². The normalized spacial score (nSPS) is 14.1. The largest absolute Gasteiger partial charge is 0.587 e. The first-order valence-corrected chi connectivity index (χ1v) is 6.88. The summed E-state index contributed by atoms with van der Waals surface area (Å²) in [5, 5.41) is 34.5. The van der Waals surface area contributed by atoms with Gasteiger partial charge in [0.1, 0.15) is 17.9 Å². The summed E-state index contributed by atoms with van der Waals surface area (Å²) in [5.41, 5.74) is 12.4. The van der Waals surface area contributed by atoms with Crippen LogP contribution in [0.5, 0.6) is 0 Å². The van der Waals surface area contributed by atoms with Crippen LogP contribution in [0, 0.1) is 10.4 Å². The fraction of sp³-hybridized carbons (Fsp3) is 0. The summed E-state index contributed by atoms with van der Waals surface area (Å²) in [7, 11) is 0. The third kappa shape index (κ3) is 4.08. The first-order chi connectivity index (χ1) is 12.1. The average molecular weight is 342 g/mol. The number of hydrazone groups is 1. The summed E-state index contributed by atoms with van der Waals surface area (Å²) < 4.78 is 5.61. The summed E-state index contributed by atoms with van der Waals surface area (Å²) in [5.74, 6) is 0.479. The SMILES string of the molecule is NC(=N/N=C/c1ccc(-c2ccc(N3C=NNN3)cc2)o1)N=[N+]([O-])[O-]. The zero-order valence-electron chi connectivity index (χ0n) is 12.6. The van der Waals surface area contributed by atoms with Gasteiger partial charge in [-0.1, -0.05) is 0 Å². The van der Waals surface area contributed by atoms with Crippen LogP contribution in [0.1, 0.15) is 5.76 Å². The van der Waals surface area contributed by atoms with Gasteiger partial charge in [0, 0.05) is 5.56 Å². The second-order valence-electron chi connectivity index (χ2n) is 4.63. The number of hydrazine groups is 2. The Balaban J connectivity index is 1.69. The molecule has 0 radical (unpaired) electrons. The van der Waals surface area contributed by atoms with E-state index in [0.717, 1.165) is 11.3 Å². The predicted octanol–water partition coefficient (Wildman–Crippen LogP) is 0.828. The van der Waals surface area contributed by atoms with E-state index in [9.17, 15) is 10.4 Å². The number of nitrogens with two attached hydrogens (primary N) is 1. The number of anilines is 1. The highest BCUT2D eigenvalue weighted by Crippen LogP contribution is 2.24. The Kier molecular flexibility index (Phi) is 4.53. The van der Waals surface area contributed by atoms with Gasteiger partial charge in [0.15, 0.2) is 0 Å². The first kappa shape index (κ1) is 15.9. The average Bonchev–Trinajstić information content (AvgIpc) is 3.26. The van der Waals surface area contributed by atoms with Crippen molar-refractivity contribution in [3.63, 3.8) is 0 Å². The zero-order chi connectivity index (χ0) is 17.6. The molecule has 0 atom stereocenters. The van der Waals surface area contributed by atoms with Crippen molar-refractivity contribution in [1.82, 2.24) is 11.1 Å². The van der Waals surface area contributed by atoms with Gasteiger partial charge >= 0.3 is 5.96 Å². The molecule has 0 unspecified atom stereocenters. The van der Waals surface area contributed by atoms with Gasteiger partial charge in [-0.15, -0.1) is 10.6 Å². The lowest BCUT2D eigenvalue weighted by Gasteiger charge is -2.13. The summed E-state index contributed by atoms with van der Waals surface area (Å²) in [6.07, 6.45) is 2.88. The van der Waals surface area contributed by atoms with Gasteiger partial charge in [-0.05, 0) is 41.4 Å². The van der Waals surface area contributed by atoms with Crippen LogP contribution in [0.25, 0.3) is 11.3 Å². The molecular weight excluding hydrogens is 330 g/mol. The van der Waals surface area contributed by atoms with E-state index in [1.807, 2.05) is 24.3 Å². The second kappa shape index (κ2) is 7.10. The molecule has 3 rings (SSSR count). The summed E-state index contributed by atoms with van der Waals surface area (Å²) in [6.45, 7) is 0. The molecule has 0 spiro atoms. The minimum Gasteiger partial charge on any atom is -0.587 e. The van der Waals surface area contributed by atoms with Crippen LogP contribution in [0.3, 0.4) is 0 Å². The van der Waals surface area contributed by atoms with Crippen molar-refractivity contribution in [1.29, 1.82) is 0 Å². The number of nitrogens with zero attached hydrogens (tertiary/aromatic N) is 6. The van der Waals surface area contributed by atoms with Gasteiger partial charge < -0.3 is 20.6 Å². The Labute approximate surface area is 140 Å². The number of furan rings is 1. The van der Waals surface area contributed by atoms with Crippen molar-refractivity contribution in [3.05, 3.63) is 52.6 Å². The highest BCUT2D eigenvalue weighted by molar-refractivity contribution is 5.81. The quantitative estimate of drug-likeness (QED) is 0.320. The van der Waals surface area contributed by atoms with E-state index in [2.05, 4.69) is 31.5 Å². The van der Waals surface area contributed by atoms with Crippen LogP contribution >= 0.6 is 0 Å². The molecule has 0 saturated heterocycles. The van der Waals surface area contributed by atoms with Gasteiger partial charge in [-0.3, -0.25) is 0 Å². The maximum atomic E-state index is 10.1. The number of guanidine groups is 1. The van der Waals surface area contributed by atoms with Crippen LogP contribution in [0.4, 0.5) is 5.69 Å². The van der Waals surface area contributed by atoms with E-state index in [1.165, 1.54) is 6.21 Å². The third-order valence-electron chi connectivity index (χ3n) is 2.99. The number of benzene rings is 1. The van der Waals surface area contributed by atoms with Crippen LogP contribution in [-0.2, 0) is 0 Å². The first-order valence-electron chi connectivity index (χ1n) is 6.88. The van der Waals surface area contributed by atoms with Crippen LogP contribution in [0.2, 0.25) is 0 Å². The Morgan fingerprint density at radius 1 is 1.24 bits per heavy atom. The molecule has 0 aliphatic carbocycles. The molecule has 0 saturated carbocycles. The molecule has 12 heteroatoms. The number of hydrogen-bond donors (Lipinski definition) is 3. The molecule has 12 nitrogen and oxygen atoms in total. The molecule has 1 aromatic carbocycles. The topological polar surface area (TPSA) is 165 Å². The fourth-order valence-corrected chi connectivity index (χ4v) is 1.94. The van der Waals surface area contributed by atoms with Crippen molar-refractivity contribution in [3.8, 4) is 11.3 Å². The van der Waals surface area contributed by atoms with Gasteiger partial charge in [0.2, 0.25) is 0 Å². The van der Waals surface area contributed by atoms with Crippen LogP contribution in [-0.4, -0.2) is 23.5 Å². The maximum Gasteiger partial charge on any atom is 0.306 e. The maximum absolute atomic E-state index is 10.1. The van der Waals surface area contributed by atoms with Crippen molar-refractivity contribution >= 4 is 24.2 Å². The molecule has 128 valence electrons. The van der Waals surface area contributed by atoms with Crippen molar-refractivity contribution in [2.24, 2.45) is 26.2 Å². The summed E-state index contributed by atoms with van der Waals surface area (Å²) in [4.78, 5) is 0. The lowest BCUT2D eigenvalue weighted by molar-refractivity contribution is -0.450. The van der Waals surface area contributed by atoms with E-state index in [-0.39, 0.29) is 0 Å². The lowest BCUT2D eigenvalue weighted by atomic mass is 10.1. The van der Waals surface area contributed by atoms with Crippen molar-refractivity contribution in [2.75, 3.05) is 5.01 Å². The summed E-state index contributed by atoms with van der Waals surface area (Å²) >= 11 is 0. The van der Waals surface area contributed by atoms with Crippen LogP contribution < -0.4 is 21.8 Å². The molecule has 0 amide bonds. The standard InChI is InChI=1S/C13H12N9O3/c14-13(18-22(23)24)17-15-7-11-5-6-12(25-11)9-1-3-10(4-2-9)21-8-16-19-20-21/h1-8,19-20H,(H2-,14,17,18,23,24)/q-1/b15-7+. The van der Waals surface area contributed by atoms with Crippen molar-refractivity contribution < 1.29 is 9.44 Å². The number of rotatable bonds is 4. The molecule has 0 fully saturated rings. The van der Waals surface area contributed by atoms with E-state index >= 15 is 0 Å². The fourth-order valence-electron chi connectivity index (χ4n) is 1.94. The Bertz CT molecular complexity index is 850. The third-order valence-corrected chi connectivity index (χ3v) is 2.99. The van der Waals surface area contributed by atoms with Crippen molar-refractivity contribution in [2.45, 2.75) is 0 Å². The second-order valence-corrected chi connectivity index (χ2v) is 4.63. The number of nitrogens with one attached hydrogen (secondary N) is 2. The smallest absolute Gasteiger partial charge is 0.306 e. The van der Waals surface area contributed by atoms with Gasteiger partial charge in [0.05, 0.1) is 17.0 Å². The van der Waals surface area contributed by atoms with E-state index in [1.54, 1.807) is 23.5 Å². The minimum atomic E-state index is -0.956. The predicted molar refractivity (Wildman–Crippen MR) is 90.0 cm³/mol. The molecule has 0 bridgehead atoms. The highest BCUT2D eigenvalue weighted by atomic mass is 16.8. The van der Waals surface area contributed by atoms with Gasteiger partial charge in [0.25, 0.3) is 0 Å². The molecule has 2 heterocycles. The molecule has 4 N–H and O–H groups in total. The van der Waals surface area contributed by atoms with Gasteiger partial charge in [-0.25, -0.2) is 10.5 Å². The van der Waals surface area contributed by atoms with Gasteiger partial charge in [-0.2, -0.15) is 10.2 Å². The monoisotopic (exact) mass is 342 g/mol. The molecule has 2 aromatic rings.